The van der Waals surface area contributed by atoms with Gasteiger partial charge in [-0.3, -0.25) is 0 Å². The van der Waals surface area contributed by atoms with Gasteiger partial charge in [-0.25, -0.2) is 0 Å². The van der Waals surface area contributed by atoms with E-state index >= 15 is 0 Å². The van der Waals surface area contributed by atoms with E-state index < -0.39 is 0 Å². The van der Waals surface area contributed by atoms with E-state index in [0.29, 0.717) is 11.3 Å². The van der Waals surface area contributed by atoms with Crippen molar-refractivity contribution in [1.82, 2.24) is 10.2 Å². The van der Waals surface area contributed by atoms with Gasteiger partial charge in [0.2, 0.25) is 5.89 Å². The average molecular weight is 262 g/mol. The Hall–Kier alpha value is -1.10. The van der Waals surface area contributed by atoms with Gasteiger partial charge in [0.1, 0.15) is 0 Å². The highest BCUT2D eigenvalue weighted by Gasteiger charge is 2.51. The Kier molecular flexibility index (Phi) is 2.43. The van der Waals surface area contributed by atoms with E-state index in [1.165, 1.54) is 38.5 Å². The van der Waals surface area contributed by atoms with Gasteiger partial charge in [-0.2, -0.15) is 0 Å². The standard InChI is InChI=1S/C14H22N4O/c15-11(12-17-18-13(16)19-12)7-14-4-8-1-9(5-14)3-10(2-8)6-14/h8-11H,1-7,15H2,(H2,16,18). The van der Waals surface area contributed by atoms with Crippen molar-refractivity contribution >= 4 is 6.01 Å². The molecule has 4 aliphatic carbocycles. The van der Waals surface area contributed by atoms with Gasteiger partial charge in [-0.1, -0.05) is 5.10 Å². The fourth-order valence-electron chi connectivity index (χ4n) is 5.49. The second kappa shape index (κ2) is 3.95. The lowest BCUT2D eigenvalue weighted by molar-refractivity contribution is -0.0615. The van der Waals surface area contributed by atoms with Gasteiger partial charge in [-0.15, -0.1) is 5.10 Å². The van der Waals surface area contributed by atoms with Crippen LogP contribution in [0.1, 0.15) is 56.9 Å². The van der Waals surface area contributed by atoms with E-state index in [1.807, 2.05) is 0 Å². The van der Waals surface area contributed by atoms with Crippen molar-refractivity contribution in [3.05, 3.63) is 5.89 Å². The molecule has 1 aromatic heterocycles. The van der Waals surface area contributed by atoms with Gasteiger partial charge in [-0.05, 0) is 68.1 Å². The lowest BCUT2D eigenvalue weighted by Gasteiger charge is -2.57. The molecule has 1 unspecified atom stereocenters. The molecular weight excluding hydrogens is 240 g/mol. The van der Waals surface area contributed by atoms with Crippen LogP contribution in [0.4, 0.5) is 6.01 Å². The van der Waals surface area contributed by atoms with Crippen LogP contribution in [-0.4, -0.2) is 10.2 Å². The normalized spacial score (nSPS) is 41.6. The number of hydrogen-bond acceptors (Lipinski definition) is 5. The number of rotatable bonds is 3. The predicted molar refractivity (Wildman–Crippen MR) is 70.9 cm³/mol. The summed E-state index contributed by atoms with van der Waals surface area (Å²) < 4.78 is 5.29. The first kappa shape index (κ1) is 11.7. The molecule has 4 saturated carbocycles. The van der Waals surface area contributed by atoms with Crippen LogP contribution >= 0.6 is 0 Å². The van der Waals surface area contributed by atoms with Crippen molar-refractivity contribution < 1.29 is 4.42 Å². The summed E-state index contributed by atoms with van der Waals surface area (Å²) in [5, 5.41) is 7.66. The van der Waals surface area contributed by atoms with E-state index in [9.17, 15) is 0 Å². The Bertz CT molecular complexity index is 448. The van der Waals surface area contributed by atoms with Crippen LogP contribution < -0.4 is 11.5 Å². The third-order valence-electron chi connectivity index (χ3n) is 5.59. The molecular formula is C14H22N4O. The smallest absolute Gasteiger partial charge is 0.312 e. The first-order chi connectivity index (χ1) is 9.12. The van der Waals surface area contributed by atoms with Crippen molar-refractivity contribution in [1.29, 1.82) is 0 Å². The van der Waals surface area contributed by atoms with Crippen LogP contribution in [0.15, 0.2) is 4.42 Å². The summed E-state index contributed by atoms with van der Waals surface area (Å²) in [5.74, 6) is 3.36. The minimum absolute atomic E-state index is 0.121. The molecule has 19 heavy (non-hydrogen) atoms. The highest BCUT2D eigenvalue weighted by atomic mass is 16.4. The van der Waals surface area contributed by atoms with E-state index in [1.54, 1.807) is 0 Å². The van der Waals surface area contributed by atoms with Gasteiger partial charge in [0.05, 0.1) is 6.04 Å². The summed E-state index contributed by atoms with van der Waals surface area (Å²) in [5.41, 5.74) is 12.2. The quantitative estimate of drug-likeness (QED) is 0.871. The Morgan fingerprint density at radius 3 is 2.16 bits per heavy atom. The van der Waals surface area contributed by atoms with Crippen LogP contribution in [0, 0.1) is 23.2 Å². The van der Waals surface area contributed by atoms with Gasteiger partial charge in [0, 0.05) is 0 Å². The number of nitrogens with zero attached hydrogens (tertiary/aromatic N) is 2. The van der Waals surface area contributed by atoms with Crippen molar-refractivity contribution in [3.63, 3.8) is 0 Å². The van der Waals surface area contributed by atoms with Crippen molar-refractivity contribution in [2.75, 3.05) is 5.73 Å². The summed E-state index contributed by atoms with van der Waals surface area (Å²) >= 11 is 0. The highest BCUT2D eigenvalue weighted by Crippen LogP contribution is 2.62. The molecule has 4 bridgehead atoms. The summed E-state index contributed by atoms with van der Waals surface area (Å²) in [6.45, 7) is 0. The third-order valence-corrected chi connectivity index (χ3v) is 5.59. The zero-order chi connectivity index (χ0) is 13.0. The lowest BCUT2D eigenvalue weighted by atomic mass is 9.48. The molecule has 0 spiro atoms. The maximum atomic E-state index is 6.28. The van der Waals surface area contributed by atoms with Crippen molar-refractivity contribution in [2.24, 2.45) is 28.9 Å². The monoisotopic (exact) mass is 262 g/mol. The first-order valence-corrected chi connectivity index (χ1v) is 7.46. The van der Waals surface area contributed by atoms with E-state index in [2.05, 4.69) is 10.2 Å². The van der Waals surface area contributed by atoms with Crippen LogP contribution in [0.2, 0.25) is 0 Å². The first-order valence-electron chi connectivity index (χ1n) is 7.46. The largest absolute Gasteiger partial charge is 0.407 e. The molecule has 1 heterocycles. The zero-order valence-electron chi connectivity index (χ0n) is 11.2. The molecule has 0 saturated heterocycles. The van der Waals surface area contributed by atoms with Gasteiger partial charge in [0.15, 0.2) is 0 Å². The fraction of sp³-hybridized carbons (Fsp3) is 0.857. The SMILES string of the molecule is Nc1nnc(C(N)CC23CC4CC(CC(C4)C2)C3)o1. The van der Waals surface area contributed by atoms with Crippen molar-refractivity contribution in [2.45, 2.75) is 51.0 Å². The molecule has 4 N–H and O–H groups in total. The molecule has 5 rings (SSSR count). The van der Waals surface area contributed by atoms with Gasteiger partial charge >= 0.3 is 6.01 Å². The number of nitrogens with two attached hydrogens (primary N) is 2. The molecule has 4 aliphatic rings. The van der Waals surface area contributed by atoms with Gasteiger partial charge < -0.3 is 15.9 Å². The zero-order valence-corrected chi connectivity index (χ0v) is 11.2. The summed E-state index contributed by atoms with van der Waals surface area (Å²) in [6.07, 6.45) is 9.44. The molecule has 0 aromatic carbocycles. The van der Waals surface area contributed by atoms with Crippen molar-refractivity contribution in [3.8, 4) is 0 Å². The molecule has 1 aromatic rings. The summed E-state index contributed by atoms with van der Waals surface area (Å²) in [6, 6.07) is -0.0305. The predicted octanol–water partition coefficient (Wildman–Crippen LogP) is 2.26. The summed E-state index contributed by atoms with van der Waals surface area (Å²) in [4.78, 5) is 0. The second-order valence-electron chi connectivity index (χ2n) is 7.21. The van der Waals surface area contributed by atoms with E-state index in [4.69, 9.17) is 15.9 Å². The van der Waals surface area contributed by atoms with Crippen LogP contribution in [0.25, 0.3) is 0 Å². The third kappa shape index (κ3) is 1.95. The Balaban J connectivity index is 1.53. The molecule has 0 aliphatic heterocycles. The second-order valence-corrected chi connectivity index (χ2v) is 7.21. The maximum absolute atomic E-state index is 6.28. The van der Waals surface area contributed by atoms with Crippen LogP contribution in [-0.2, 0) is 0 Å². The minimum Gasteiger partial charge on any atom is -0.407 e. The Labute approximate surface area is 113 Å². The number of anilines is 1. The molecule has 0 radical (unpaired) electrons. The maximum Gasteiger partial charge on any atom is 0.312 e. The molecule has 5 heteroatoms. The van der Waals surface area contributed by atoms with Crippen LogP contribution in [0.3, 0.4) is 0 Å². The lowest BCUT2D eigenvalue weighted by Crippen LogP contribution is -2.47. The molecule has 0 amide bonds. The van der Waals surface area contributed by atoms with Gasteiger partial charge in [0.25, 0.3) is 0 Å². The Morgan fingerprint density at radius 1 is 1.11 bits per heavy atom. The van der Waals surface area contributed by atoms with E-state index in [0.717, 1.165) is 24.2 Å². The molecule has 1 atom stereocenters. The van der Waals surface area contributed by atoms with E-state index in [-0.39, 0.29) is 12.1 Å². The minimum atomic E-state index is -0.152. The summed E-state index contributed by atoms with van der Waals surface area (Å²) in [7, 11) is 0. The number of aromatic nitrogens is 2. The molecule has 104 valence electrons. The fourth-order valence-corrected chi connectivity index (χ4v) is 5.49. The van der Waals surface area contributed by atoms with Crippen LogP contribution in [0.5, 0.6) is 0 Å². The number of nitrogen functional groups attached to an aromatic ring is 1. The average Bonchev–Trinajstić information content (AvgIpc) is 2.73. The molecule has 4 fully saturated rings. The topological polar surface area (TPSA) is 91.0 Å². The highest BCUT2D eigenvalue weighted by molar-refractivity contribution is 5.08. The number of hydrogen-bond donors (Lipinski definition) is 2. The molecule has 5 nitrogen and oxygen atoms in total. The Morgan fingerprint density at radius 2 is 1.68 bits per heavy atom.